The van der Waals surface area contributed by atoms with Crippen molar-refractivity contribution in [3.8, 4) is 0 Å². The normalized spacial score (nSPS) is 21.4. The van der Waals surface area contributed by atoms with Crippen molar-refractivity contribution in [2.45, 2.75) is 52.1 Å². The zero-order valence-electron chi connectivity index (χ0n) is 12.2. The maximum atomic E-state index is 13.5. The van der Waals surface area contributed by atoms with Gasteiger partial charge in [0.15, 0.2) is 0 Å². The number of halogens is 1. The standard InChI is InChI=1S/C16H25FN2/c1-12(2)19-9-4-5-14(8-10-19)18-15-7-6-13(3)16(17)11-15/h6-7,11-12,14,18H,4-5,8-10H2,1-3H3. The first-order valence-electron chi connectivity index (χ1n) is 7.33. The molecule has 106 valence electrons. The van der Waals surface area contributed by atoms with Crippen LogP contribution in [0.25, 0.3) is 0 Å². The molecule has 1 fully saturated rings. The van der Waals surface area contributed by atoms with Crippen LogP contribution in [0.2, 0.25) is 0 Å². The van der Waals surface area contributed by atoms with Gasteiger partial charge in [-0.25, -0.2) is 4.39 Å². The molecule has 1 unspecified atom stereocenters. The lowest BCUT2D eigenvalue weighted by Crippen LogP contribution is -2.32. The fraction of sp³-hybridized carbons (Fsp3) is 0.625. The molecule has 0 aliphatic carbocycles. The highest BCUT2D eigenvalue weighted by Gasteiger charge is 2.18. The van der Waals surface area contributed by atoms with Gasteiger partial charge in [-0.1, -0.05) is 6.07 Å². The second kappa shape index (κ2) is 6.38. The minimum absolute atomic E-state index is 0.123. The number of nitrogens with zero attached hydrogens (tertiary/aromatic N) is 1. The van der Waals surface area contributed by atoms with E-state index in [2.05, 4.69) is 24.1 Å². The van der Waals surface area contributed by atoms with Crippen LogP contribution in [0, 0.1) is 12.7 Å². The molecule has 1 aromatic rings. The lowest BCUT2D eigenvalue weighted by atomic mass is 10.1. The van der Waals surface area contributed by atoms with Crippen molar-refractivity contribution in [1.29, 1.82) is 0 Å². The molecule has 2 nitrogen and oxygen atoms in total. The zero-order chi connectivity index (χ0) is 13.8. The number of anilines is 1. The molecular formula is C16H25FN2. The van der Waals surface area contributed by atoms with E-state index in [4.69, 9.17) is 0 Å². The molecule has 0 radical (unpaired) electrons. The first kappa shape index (κ1) is 14.3. The Labute approximate surface area is 116 Å². The molecule has 1 aliphatic rings. The molecule has 1 saturated heterocycles. The van der Waals surface area contributed by atoms with Crippen molar-refractivity contribution < 1.29 is 4.39 Å². The molecule has 0 spiro atoms. The molecule has 0 saturated carbocycles. The average Bonchev–Trinajstić information content (AvgIpc) is 2.59. The van der Waals surface area contributed by atoms with Crippen LogP contribution in [0.1, 0.15) is 38.7 Å². The Balaban J connectivity index is 1.94. The van der Waals surface area contributed by atoms with Crippen LogP contribution in [0.15, 0.2) is 18.2 Å². The number of hydrogen-bond donors (Lipinski definition) is 1. The lowest BCUT2D eigenvalue weighted by Gasteiger charge is -2.24. The second-order valence-corrected chi connectivity index (χ2v) is 5.87. The topological polar surface area (TPSA) is 15.3 Å². The number of likely N-dealkylation sites (tertiary alicyclic amines) is 1. The molecule has 2 rings (SSSR count). The Morgan fingerprint density at radius 3 is 2.74 bits per heavy atom. The van der Waals surface area contributed by atoms with Gasteiger partial charge in [0.25, 0.3) is 0 Å². The van der Waals surface area contributed by atoms with E-state index < -0.39 is 0 Å². The summed E-state index contributed by atoms with van der Waals surface area (Å²) in [5.74, 6) is -0.123. The van der Waals surface area contributed by atoms with E-state index in [0.29, 0.717) is 17.6 Å². The smallest absolute Gasteiger partial charge is 0.128 e. The maximum absolute atomic E-state index is 13.5. The first-order chi connectivity index (χ1) is 9.06. The SMILES string of the molecule is Cc1ccc(NC2CCCN(C(C)C)CC2)cc1F. The fourth-order valence-electron chi connectivity index (χ4n) is 2.70. The van der Waals surface area contributed by atoms with Crippen molar-refractivity contribution in [3.05, 3.63) is 29.6 Å². The summed E-state index contributed by atoms with van der Waals surface area (Å²) < 4.78 is 13.5. The van der Waals surface area contributed by atoms with Crippen LogP contribution in [0.3, 0.4) is 0 Å². The van der Waals surface area contributed by atoms with Crippen LogP contribution in [-0.2, 0) is 0 Å². The molecule has 0 amide bonds. The van der Waals surface area contributed by atoms with Gasteiger partial charge in [-0.2, -0.15) is 0 Å². The molecule has 3 heteroatoms. The minimum atomic E-state index is -0.123. The predicted octanol–water partition coefficient (Wildman–Crippen LogP) is 3.81. The van der Waals surface area contributed by atoms with Gasteiger partial charge in [-0.3, -0.25) is 0 Å². The average molecular weight is 264 g/mol. The highest BCUT2D eigenvalue weighted by molar-refractivity contribution is 5.46. The number of aryl methyl sites for hydroxylation is 1. The Morgan fingerprint density at radius 2 is 2.05 bits per heavy atom. The summed E-state index contributed by atoms with van der Waals surface area (Å²) in [6.07, 6.45) is 3.51. The van der Waals surface area contributed by atoms with Crippen molar-refractivity contribution in [2.75, 3.05) is 18.4 Å². The maximum Gasteiger partial charge on any atom is 0.128 e. The van der Waals surface area contributed by atoms with Gasteiger partial charge in [-0.15, -0.1) is 0 Å². The zero-order valence-corrected chi connectivity index (χ0v) is 12.2. The van der Waals surface area contributed by atoms with E-state index in [1.165, 1.54) is 19.4 Å². The summed E-state index contributed by atoms with van der Waals surface area (Å²) >= 11 is 0. The second-order valence-electron chi connectivity index (χ2n) is 5.87. The quantitative estimate of drug-likeness (QED) is 0.893. The van der Waals surface area contributed by atoms with E-state index >= 15 is 0 Å². The molecule has 0 bridgehead atoms. The van der Waals surface area contributed by atoms with Crippen molar-refractivity contribution >= 4 is 5.69 Å². The monoisotopic (exact) mass is 264 g/mol. The van der Waals surface area contributed by atoms with Gasteiger partial charge in [0.05, 0.1) is 0 Å². The Hall–Kier alpha value is -1.09. The van der Waals surface area contributed by atoms with Crippen molar-refractivity contribution in [1.82, 2.24) is 4.90 Å². The molecule has 19 heavy (non-hydrogen) atoms. The van der Waals surface area contributed by atoms with E-state index in [0.717, 1.165) is 18.7 Å². The molecule has 1 N–H and O–H groups in total. The molecule has 1 aromatic carbocycles. The third-order valence-corrected chi connectivity index (χ3v) is 4.04. The predicted molar refractivity (Wildman–Crippen MR) is 79.1 cm³/mol. The number of nitrogens with one attached hydrogen (secondary N) is 1. The Kier molecular flexibility index (Phi) is 4.81. The Morgan fingerprint density at radius 1 is 1.26 bits per heavy atom. The number of hydrogen-bond acceptors (Lipinski definition) is 2. The fourth-order valence-corrected chi connectivity index (χ4v) is 2.70. The summed E-state index contributed by atoms with van der Waals surface area (Å²) in [6, 6.07) is 6.51. The molecular weight excluding hydrogens is 239 g/mol. The van der Waals surface area contributed by atoms with Gasteiger partial charge < -0.3 is 10.2 Å². The molecule has 1 aliphatic heterocycles. The summed E-state index contributed by atoms with van der Waals surface area (Å²) in [5.41, 5.74) is 1.61. The Bertz CT molecular complexity index is 417. The van der Waals surface area contributed by atoms with E-state index in [-0.39, 0.29) is 5.82 Å². The highest BCUT2D eigenvalue weighted by atomic mass is 19.1. The van der Waals surface area contributed by atoms with E-state index in [1.807, 2.05) is 12.1 Å². The van der Waals surface area contributed by atoms with Crippen molar-refractivity contribution in [2.24, 2.45) is 0 Å². The van der Waals surface area contributed by atoms with Gasteiger partial charge in [0.2, 0.25) is 0 Å². The summed E-state index contributed by atoms with van der Waals surface area (Å²) in [5, 5.41) is 3.48. The summed E-state index contributed by atoms with van der Waals surface area (Å²) in [6.45, 7) is 8.61. The lowest BCUT2D eigenvalue weighted by molar-refractivity contribution is 0.230. The van der Waals surface area contributed by atoms with Crippen LogP contribution in [0.4, 0.5) is 10.1 Å². The van der Waals surface area contributed by atoms with Crippen LogP contribution in [-0.4, -0.2) is 30.1 Å². The minimum Gasteiger partial charge on any atom is -0.382 e. The van der Waals surface area contributed by atoms with Crippen LogP contribution < -0.4 is 5.32 Å². The van der Waals surface area contributed by atoms with Gasteiger partial charge >= 0.3 is 0 Å². The van der Waals surface area contributed by atoms with Gasteiger partial charge in [0, 0.05) is 24.3 Å². The highest BCUT2D eigenvalue weighted by Crippen LogP contribution is 2.20. The van der Waals surface area contributed by atoms with Gasteiger partial charge in [-0.05, 0) is 64.3 Å². The number of benzene rings is 1. The van der Waals surface area contributed by atoms with Crippen LogP contribution in [0.5, 0.6) is 0 Å². The van der Waals surface area contributed by atoms with Crippen molar-refractivity contribution in [3.63, 3.8) is 0 Å². The summed E-state index contributed by atoms with van der Waals surface area (Å²) in [4.78, 5) is 2.53. The van der Waals surface area contributed by atoms with E-state index in [1.54, 1.807) is 13.0 Å². The molecule has 0 aromatic heterocycles. The first-order valence-corrected chi connectivity index (χ1v) is 7.33. The molecule has 1 heterocycles. The van der Waals surface area contributed by atoms with E-state index in [9.17, 15) is 4.39 Å². The number of rotatable bonds is 3. The summed E-state index contributed by atoms with van der Waals surface area (Å²) in [7, 11) is 0. The molecule has 1 atom stereocenters. The largest absolute Gasteiger partial charge is 0.382 e. The van der Waals surface area contributed by atoms with Gasteiger partial charge in [0.1, 0.15) is 5.82 Å². The van der Waals surface area contributed by atoms with Crippen LogP contribution >= 0.6 is 0 Å². The third kappa shape index (κ3) is 3.93. The third-order valence-electron chi connectivity index (χ3n) is 4.04.